The highest BCUT2D eigenvalue weighted by atomic mass is 19.1. The van der Waals surface area contributed by atoms with E-state index in [9.17, 15) is 24.6 Å². The van der Waals surface area contributed by atoms with Crippen LogP contribution < -0.4 is 24.7 Å². The summed E-state index contributed by atoms with van der Waals surface area (Å²) in [6.45, 7) is 0.188. The molecule has 1 aliphatic heterocycles. The van der Waals surface area contributed by atoms with Crippen molar-refractivity contribution < 1.29 is 33.1 Å². The zero-order valence-corrected chi connectivity index (χ0v) is 22.1. The Hall–Kier alpha value is -5.89. The van der Waals surface area contributed by atoms with Crippen molar-refractivity contribution in [2.75, 3.05) is 7.11 Å². The van der Waals surface area contributed by atoms with Gasteiger partial charge in [-0.05, 0) is 53.6 Å². The van der Waals surface area contributed by atoms with Crippen LogP contribution in [0, 0.1) is 27.3 Å². The third kappa shape index (κ3) is 5.68. The predicted molar refractivity (Wildman–Crippen MR) is 148 cm³/mol. The van der Waals surface area contributed by atoms with E-state index in [1.165, 1.54) is 49.6 Å². The van der Waals surface area contributed by atoms with Gasteiger partial charge in [0.15, 0.2) is 11.5 Å². The Morgan fingerprint density at radius 3 is 2.45 bits per heavy atom. The van der Waals surface area contributed by atoms with E-state index >= 15 is 0 Å². The molecule has 210 valence electrons. The predicted octanol–water partition coefficient (Wildman–Crippen LogP) is 5.76. The van der Waals surface area contributed by atoms with Crippen LogP contribution in [0.5, 0.6) is 23.0 Å². The smallest absolute Gasteiger partial charge is 0.343 e. The molecule has 2 N–H and O–H groups in total. The molecule has 42 heavy (non-hydrogen) atoms. The van der Waals surface area contributed by atoms with Gasteiger partial charge in [0, 0.05) is 23.8 Å². The SMILES string of the molecule is COc1cc(C2C(C#N)=C(N)Oc3cc(OC(=O)c4ccc([N+](=O)[O-])cc4)ccc32)ccc1OCc1ccc(F)cc1. The van der Waals surface area contributed by atoms with E-state index in [0.717, 1.165) is 5.56 Å². The Balaban J connectivity index is 1.41. The van der Waals surface area contributed by atoms with E-state index in [4.69, 9.17) is 24.7 Å². The van der Waals surface area contributed by atoms with Gasteiger partial charge in [0.25, 0.3) is 5.69 Å². The molecule has 11 heteroatoms. The number of hydrogen-bond donors (Lipinski definition) is 1. The molecule has 4 aromatic carbocycles. The molecule has 0 aromatic heterocycles. The number of methoxy groups -OCH3 is 1. The normalized spacial score (nSPS) is 13.8. The molecule has 10 nitrogen and oxygen atoms in total. The van der Waals surface area contributed by atoms with Crippen LogP contribution in [0.4, 0.5) is 10.1 Å². The second-order valence-electron chi connectivity index (χ2n) is 9.14. The lowest BCUT2D eigenvalue weighted by atomic mass is 9.83. The number of nitriles is 1. The molecule has 0 bridgehead atoms. The number of carbonyl (C=O) groups is 1. The minimum atomic E-state index is -0.723. The third-order valence-electron chi connectivity index (χ3n) is 6.54. The number of rotatable bonds is 8. The fourth-order valence-corrected chi connectivity index (χ4v) is 4.45. The largest absolute Gasteiger partial charge is 0.493 e. The van der Waals surface area contributed by atoms with E-state index < -0.39 is 16.8 Å². The number of ether oxygens (including phenoxy) is 4. The summed E-state index contributed by atoms with van der Waals surface area (Å²) in [6.07, 6.45) is 0. The number of nitro groups is 1. The van der Waals surface area contributed by atoms with Crippen LogP contribution >= 0.6 is 0 Å². The first-order valence-corrected chi connectivity index (χ1v) is 12.5. The van der Waals surface area contributed by atoms with Crippen molar-refractivity contribution in [3.8, 4) is 29.1 Å². The van der Waals surface area contributed by atoms with Crippen LogP contribution in [0.15, 0.2) is 96.4 Å². The van der Waals surface area contributed by atoms with Gasteiger partial charge in [-0.1, -0.05) is 24.3 Å². The van der Waals surface area contributed by atoms with Gasteiger partial charge in [0.1, 0.15) is 35.6 Å². The number of nitrogens with two attached hydrogens (primary N) is 1. The summed E-state index contributed by atoms with van der Waals surface area (Å²) in [6, 6.07) is 23.0. The molecular formula is C31H22FN3O7. The molecule has 4 aromatic rings. The standard InChI is InChI=1S/C31H22FN3O7/c1-39-28-14-20(6-13-26(28)40-17-18-2-7-21(32)8-3-18)29-24-12-11-23(15-27(24)42-30(34)25(29)16-33)41-31(36)19-4-9-22(10-5-19)35(37)38/h2-15,29H,17,34H2,1H3. The third-order valence-corrected chi connectivity index (χ3v) is 6.54. The van der Waals surface area contributed by atoms with Gasteiger partial charge >= 0.3 is 5.97 Å². The highest BCUT2D eigenvalue weighted by Crippen LogP contribution is 2.45. The number of nitrogens with zero attached hydrogens (tertiary/aromatic N) is 2. The van der Waals surface area contributed by atoms with Gasteiger partial charge in [0.05, 0.1) is 23.5 Å². The number of esters is 1. The highest BCUT2D eigenvalue weighted by Gasteiger charge is 2.32. The Labute approximate surface area is 239 Å². The second-order valence-corrected chi connectivity index (χ2v) is 9.14. The van der Waals surface area contributed by atoms with Crippen molar-refractivity contribution in [2.24, 2.45) is 5.73 Å². The van der Waals surface area contributed by atoms with E-state index in [-0.39, 0.29) is 46.6 Å². The van der Waals surface area contributed by atoms with Crippen LogP contribution in [-0.4, -0.2) is 18.0 Å². The van der Waals surface area contributed by atoms with Crippen molar-refractivity contribution in [1.29, 1.82) is 5.26 Å². The average Bonchev–Trinajstić information content (AvgIpc) is 3.00. The first-order valence-electron chi connectivity index (χ1n) is 12.5. The van der Waals surface area contributed by atoms with Crippen molar-refractivity contribution >= 4 is 11.7 Å². The Kier molecular flexibility index (Phi) is 7.70. The summed E-state index contributed by atoms with van der Waals surface area (Å²) in [5.41, 5.74) is 8.31. The highest BCUT2D eigenvalue weighted by molar-refractivity contribution is 5.91. The minimum absolute atomic E-state index is 0.107. The molecule has 0 amide bonds. The number of fused-ring (bicyclic) bond motifs is 1. The topological polar surface area (TPSA) is 147 Å². The number of non-ortho nitro benzene ring substituents is 1. The Morgan fingerprint density at radius 1 is 1.05 bits per heavy atom. The molecule has 1 aliphatic rings. The van der Waals surface area contributed by atoms with Gasteiger partial charge in [0.2, 0.25) is 5.88 Å². The number of carbonyl (C=O) groups excluding carboxylic acids is 1. The second kappa shape index (κ2) is 11.7. The van der Waals surface area contributed by atoms with Crippen LogP contribution in [0.3, 0.4) is 0 Å². The van der Waals surface area contributed by atoms with Crippen LogP contribution in [0.2, 0.25) is 0 Å². The number of allylic oxidation sites excluding steroid dienone is 1. The maximum Gasteiger partial charge on any atom is 0.343 e. The average molecular weight is 568 g/mol. The van der Waals surface area contributed by atoms with Gasteiger partial charge in [-0.25, -0.2) is 9.18 Å². The zero-order valence-electron chi connectivity index (χ0n) is 22.1. The molecule has 1 unspecified atom stereocenters. The quantitative estimate of drug-likeness (QED) is 0.121. The van der Waals surface area contributed by atoms with Crippen LogP contribution in [0.1, 0.15) is 33.0 Å². The Morgan fingerprint density at radius 2 is 1.79 bits per heavy atom. The molecule has 0 saturated carbocycles. The van der Waals surface area contributed by atoms with E-state index in [2.05, 4.69) is 6.07 Å². The molecule has 0 aliphatic carbocycles. The van der Waals surface area contributed by atoms with Gasteiger partial charge in [-0.3, -0.25) is 10.1 Å². The molecule has 0 fully saturated rings. The summed E-state index contributed by atoms with van der Waals surface area (Å²) in [7, 11) is 1.49. The van der Waals surface area contributed by atoms with Crippen LogP contribution in [0.25, 0.3) is 0 Å². The summed E-state index contributed by atoms with van der Waals surface area (Å²) in [4.78, 5) is 22.9. The van der Waals surface area contributed by atoms with E-state index in [1.807, 2.05) is 0 Å². The van der Waals surface area contributed by atoms with Crippen molar-refractivity contribution in [2.45, 2.75) is 12.5 Å². The molecule has 1 heterocycles. The number of hydrogen-bond acceptors (Lipinski definition) is 9. The summed E-state index contributed by atoms with van der Waals surface area (Å²) in [5, 5.41) is 20.8. The molecule has 0 radical (unpaired) electrons. The molecular weight excluding hydrogens is 545 g/mol. The van der Waals surface area contributed by atoms with E-state index in [0.29, 0.717) is 22.6 Å². The Bertz CT molecular complexity index is 1750. The lowest BCUT2D eigenvalue weighted by molar-refractivity contribution is -0.384. The number of nitro benzene ring substituents is 1. The summed E-state index contributed by atoms with van der Waals surface area (Å²) < 4.78 is 35.8. The molecule has 5 rings (SSSR count). The minimum Gasteiger partial charge on any atom is -0.493 e. The molecule has 1 atom stereocenters. The lowest BCUT2D eigenvalue weighted by Crippen LogP contribution is -2.21. The van der Waals surface area contributed by atoms with Gasteiger partial charge in [-0.15, -0.1) is 0 Å². The zero-order chi connectivity index (χ0) is 29.8. The molecule has 0 spiro atoms. The lowest BCUT2D eigenvalue weighted by Gasteiger charge is -2.27. The molecule has 0 saturated heterocycles. The van der Waals surface area contributed by atoms with Crippen molar-refractivity contribution in [3.05, 3.63) is 135 Å². The van der Waals surface area contributed by atoms with Gasteiger partial charge < -0.3 is 24.7 Å². The maximum atomic E-state index is 13.2. The van der Waals surface area contributed by atoms with Crippen molar-refractivity contribution in [1.82, 2.24) is 0 Å². The monoisotopic (exact) mass is 567 g/mol. The number of halogens is 1. The fraction of sp³-hybridized carbons (Fsp3) is 0.0968. The van der Waals surface area contributed by atoms with E-state index in [1.54, 1.807) is 42.5 Å². The first kappa shape index (κ1) is 27.7. The fourth-order valence-electron chi connectivity index (χ4n) is 4.45. The number of benzene rings is 4. The van der Waals surface area contributed by atoms with Crippen molar-refractivity contribution in [3.63, 3.8) is 0 Å². The summed E-state index contributed by atoms with van der Waals surface area (Å²) >= 11 is 0. The van der Waals surface area contributed by atoms with Gasteiger partial charge in [-0.2, -0.15) is 5.26 Å². The van der Waals surface area contributed by atoms with Crippen LogP contribution in [-0.2, 0) is 6.61 Å². The maximum absolute atomic E-state index is 13.2. The first-order chi connectivity index (χ1) is 20.3. The summed E-state index contributed by atoms with van der Waals surface area (Å²) in [5.74, 6) is -0.517.